The molecule has 0 heterocycles. The van der Waals surface area contributed by atoms with Crippen LogP contribution in [0.4, 0.5) is 0 Å². The van der Waals surface area contributed by atoms with Gasteiger partial charge in [-0.05, 0) is 26.3 Å². The highest BCUT2D eigenvalue weighted by Gasteiger charge is 2.35. The monoisotopic (exact) mass is 503 g/mol. The van der Waals surface area contributed by atoms with Gasteiger partial charge in [0.1, 0.15) is 5.60 Å². The maximum Gasteiger partial charge on any atom is 0.332 e. The Morgan fingerprint density at radius 2 is 1.08 bits per heavy atom. The highest BCUT2D eigenvalue weighted by molar-refractivity contribution is 6.13. The molecule has 192 valence electrons. The summed E-state index contributed by atoms with van der Waals surface area (Å²) in [5.41, 5.74) is 3.19. The van der Waals surface area contributed by atoms with E-state index in [0.29, 0.717) is 11.3 Å². The second-order valence-electron chi connectivity index (χ2n) is 10.2. The number of Topliss-reactive ketones (excluding diaryl/α,β-unsaturated/α-hetero) is 1. The number of ketones is 1. The van der Waals surface area contributed by atoms with E-state index in [2.05, 4.69) is 0 Å². The van der Waals surface area contributed by atoms with Crippen LogP contribution in [0.1, 0.15) is 60.2 Å². The van der Waals surface area contributed by atoms with Crippen molar-refractivity contribution in [2.45, 2.75) is 44.8 Å². The van der Waals surface area contributed by atoms with Crippen molar-refractivity contribution in [3.05, 3.63) is 144 Å². The summed E-state index contributed by atoms with van der Waals surface area (Å²) >= 11 is 0. The Bertz CT molecular complexity index is 1320. The van der Waals surface area contributed by atoms with Crippen molar-refractivity contribution in [3.8, 4) is 0 Å². The lowest BCUT2D eigenvalue weighted by Gasteiger charge is -2.28. The zero-order chi connectivity index (χ0) is 27.0. The molecule has 2 unspecified atom stereocenters. The van der Waals surface area contributed by atoms with E-state index in [1.807, 2.05) is 130 Å². The molecule has 0 spiro atoms. The Kier molecular flexibility index (Phi) is 8.65. The minimum absolute atomic E-state index is 0.0517. The fourth-order valence-electron chi connectivity index (χ4n) is 4.37. The minimum Gasteiger partial charge on any atom is -0.458 e. The van der Waals surface area contributed by atoms with Crippen molar-refractivity contribution in [1.29, 1.82) is 0 Å². The van der Waals surface area contributed by atoms with Crippen LogP contribution in [0, 0.1) is 0 Å². The second-order valence-corrected chi connectivity index (χ2v) is 10.2. The number of esters is 1. The van der Waals surface area contributed by atoms with Crippen molar-refractivity contribution < 1.29 is 14.3 Å². The predicted molar refractivity (Wildman–Crippen MR) is 153 cm³/mol. The van der Waals surface area contributed by atoms with Crippen molar-refractivity contribution in [2.24, 2.45) is 4.99 Å². The lowest BCUT2D eigenvalue weighted by molar-refractivity contribution is -0.156. The van der Waals surface area contributed by atoms with Crippen molar-refractivity contribution in [1.82, 2.24) is 0 Å². The van der Waals surface area contributed by atoms with E-state index in [9.17, 15) is 9.59 Å². The van der Waals surface area contributed by atoms with Gasteiger partial charge in [-0.3, -0.25) is 9.79 Å². The summed E-state index contributed by atoms with van der Waals surface area (Å²) in [7, 11) is 0. The highest BCUT2D eigenvalue weighted by Crippen LogP contribution is 2.31. The first-order chi connectivity index (χ1) is 18.3. The number of benzene rings is 4. The number of carbonyl (C=O) groups is 2. The molecule has 0 saturated heterocycles. The summed E-state index contributed by atoms with van der Waals surface area (Å²) in [4.78, 5) is 32.4. The quantitative estimate of drug-likeness (QED) is 0.137. The Balaban J connectivity index is 1.88. The Morgan fingerprint density at radius 3 is 1.53 bits per heavy atom. The number of hydrogen-bond acceptors (Lipinski definition) is 4. The summed E-state index contributed by atoms with van der Waals surface area (Å²) in [6.07, 6.45) is 0.109. The van der Waals surface area contributed by atoms with Gasteiger partial charge in [0.2, 0.25) is 0 Å². The SMILES string of the molecule is CC(C)(C)OC(=O)C(N=C(c1ccccc1)c1ccccc1)C(CC(=O)c1ccccc1)c1ccccc1. The Labute approximate surface area is 225 Å². The van der Waals surface area contributed by atoms with Gasteiger partial charge in [-0.25, -0.2) is 4.79 Å². The second kappa shape index (κ2) is 12.3. The summed E-state index contributed by atoms with van der Waals surface area (Å²) in [5.74, 6) is -1.04. The average molecular weight is 504 g/mol. The molecule has 0 N–H and O–H groups in total. The molecule has 4 heteroatoms. The van der Waals surface area contributed by atoms with E-state index in [4.69, 9.17) is 9.73 Å². The molecule has 0 aliphatic heterocycles. The number of aliphatic imine (C=N–C) groups is 1. The maximum atomic E-state index is 13.8. The molecule has 0 fully saturated rings. The lowest BCUT2D eigenvalue weighted by atomic mass is 9.85. The van der Waals surface area contributed by atoms with Crippen LogP contribution in [0.5, 0.6) is 0 Å². The van der Waals surface area contributed by atoms with Crippen LogP contribution in [0.15, 0.2) is 126 Å². The topological polar surface area (TPSA) is 55.7 Å². The number of hydrogen-bond donors (Lipinski definition) is 0. The number of ether oxygens (including phenoxy) is 1. The summed E-state index contributed by atoms with van der Waals surface area (Å²) in [6.45, 7) is 5.52. The average Bonchev–Trinajstić information content (AvgIpc) is 2.93. The van der Waals surface area contributed by atoms with E-state index >= 15 is 0 Å². The van der Waals surface area contributed by atoms with Crippen LogP contribution in [-0.4, -0.2) is 29.1 Å². The van der Waals surface area contributed by atoms with E-state index in [1.165, 1.54) is 0 Å². The number of carbonyl (C=O) groups excluding carboxylic acids is 2. The number of rotatable bonds is 9. The first-order valence-electron chi connectivity index (χ1n) is 12.9. The van der Waals surface area contributed by atoms with Gasteiger partial charge in [-0.1, -0.05) is 121 Å². The smallest absolute Gasteiger partial charge is 0.332 e. The van der Waals surface area contributed by atoms with Gasteiger partial charge >= 0.3 is 5.97 Å². The van der Waals surface area contributed by atoms with E-state index in [1.54, 1.807) is 12.1 Å². The summed E-state index contributed by atoms with van der Waals surface area (Å²) in [5, 5.41) is 0. The largest absolute Gasteiger partial charge is 0.458 e. The molecular formula is C34H33NO3. The molecule has 4 aromatic carbocycles. The first-order valence-corrected chi connectivity index (χ1v) is 12.9. The third kappa shape index (κ3) is 7.13. The molecule has 4 rings (SSSR count). The van der Waals surface area contributed by atoms with Gasteiger partial charge < -0.3 is 4.74 Å². The number of nitrogens with zero attached hydrogens (tertiary/aromatic N) is 1. The van der Waals surface area contributed by atoms with E-state index in [-0.39, 0.29) is 12.2 Å². The van der Waals surface area contributed by atoms with E-state index < -0.39 is 23.5 Å². The fourth-order valence-corrected chi connectivity index (χ4v) is 4.37. The third-order valence-corrected chi connectivity index (χ3v) is 6.12. The summed E-state index contributed by atoms with van der Waals surface area (Å²) in [6, 6.07) is 37.5. The Morgan fingerprint density at radius 1 is 0.658 bits per heavy atom. The van der Waals surface area contributed by atoms with Crippen LogP contribution in [-0.2, 0) is 9.53 Å². The van der Waals surface area contributed by atoms with Gasteiger partial charge in [0.05, 0.1) is 5.71 Å². The maximum absolute atomic E-state index is 13.8. The van der Waals surface area contributed by atoms with Crippen LogP contribution in [0.2, 0.25) is 0 Å². The zero-order valence-electron chi connectivity index (χ0n) is 22.1. The van der Waals surface area contributed by atoms with Crippen LogP contribution >= 0.6 is 0 Å². The van der Waals surface area contributed by atoms with Crippen molar-refractivity contribution >= 4 is 17.5 Å². The van der Waals surface area contributed by atoms with Crippen LogP contribution in [0.25, 0.3) is 0 Å². The van der Waals surface area contributed by atoms with Gasteiger partial charge in [-0.15, -0.1) is 0 Å². The molecule has 0 amide bonds. The molecule has 0 aliphatic carbocycles. The van der Waals surface area contributed by atoms with E-state index in [0.717, 1.165) is 16.7 Å². The molecule has 38 heavy (non-hydrogen) atoms. The van der Waals surface area contributed by atoms with Crippen molar-refractivity contribution in [3.63, 3.8) is 0 Å². The van der Waals surface area contributed by atoms with Gasteiger partial charge in [0.15, 0.2) is 11.8 Å². The fraction of sp³-hybridized carbons (Fsp3) is 0.206. The highest BCUT2D eigenvalue weighted by atomic mass is 16.6. The first kappa shape index (κ1) is 26.7. The molecular weight excluding hydrogens is 470 g/mol. The molecule has 4 aromatic rings. The molecule has 4 nitrogen and oxygen atoms in total. The standard InChI is InChI=1S/C34H33NO3/c1-34(2,3)38-33(37)32(35-31(27-20-12-6-13-21-27)28-22-14-7-15-23-28)29(25-16-8-4-9-17-25)24-30(36)26-18-10-5-11-19-26/h4-23,29,32H,24H2,1-3H3. The molecule has 0 saturated carbocycles. The van der Waals surface area contributed by atoms with Crippen molar-refractivity contribution in [2.75, 3.05) is 0 Å². The molecule has 0 aliphatic rings. The van der Waals surface area contributed by atoms with Crippen LogP contribution < -0.4 is 0 Å². The third-order valence-electron chi connectivity index (χ3n) is 6.12. The van der Waals surface area contributed by atoms with Gasteiger partial charge in [-0.2, -0.15) is 0 Å². The van der Waals surface area contributed by atoms with Gasteiger partial charge in [0, 0.05) is 29.0 Å². The lowest BCUT2D eigenvalue weighted by Crippen LogP contribution is -2.36. The van der Waals surface area contributed by atoms with Gasteiger partial charge in [0.25, 0.3) is 0 Å². The molecule has 0 radical (unpaired) electrons. The summed E-state index contributed by atoms with van der Waals surface area (Å²) < 4.78 is 5.90. The molecule has 2 atom stereocenters. The van der Waals surface area contributed by atoms with Crippen LogP contribution in [0.3, 0.4) is 0 Å². The predicted octanol–water partition coefficient (Wildman–Crippen LogP) is 7.29. The Hall–Kier alpha value is -4.31. The molecule has 0 aromatic heterocycles. The minimum atomic E-state index is -0.945. The zero-order valence-corrected chi connectivity index (χ0v) is 22.1. The normalized spacial score (nSPS) is 12.7. The molecule has 0 bridgehead atoms.